The van der Waals surface area contributed by atoms with Gasteiger partial charge in [0.1, 0.15) is 0 Å². The van der Waals surface area contributed by atoms with Crippen molar-refractivity contribution in [3.05, 3.63) is 69.6 Å². The number of amides is 1. The summed E-state index contributed by atoms with van der Waals surface area (Å²) in [4.78, 5) is 24.5. The third kappa shape index (κ3) is 3.26. The van der Waals surface area contributed by atoms with Crippen LogP contribution in [0.2, 0.25) is 0 Å². The Morgan fingerprint density at radius 1 is 1.24 bits per heavy atom. The molecule has 0 aliphatic heterocycles. The van der Waals surface area contributed by atoms with Gasteiger partial charge in [-0.15, -0.1) is 0 Å². The zero-order valence-corrected chi connectivity index (χ0v) is 13.9. The van der Waals surface area contributed by atoms with E-state index in [-0.39, 0.29) is 17.9 Å². The largest absolute Gasteiger partial charge is 0.326 e. The number of aromatic nitrogens is 2. The third-order valence-corrected chi connectivity index (χ3v) is 3.99. The number of hydrogen-bond acceptors (Lipinski definition) is 4. The fourth-order valence-corrected chi connectivity index (χ4v) is 2.73. The molecule has 1 N–H and O–H groups in total. The highest BCUT2D eigenvalue weighted by Gasteiger charge is 2.12. The van der Waals surface area contributed by atoms with Gasteiger partial charge in [-0.25, -0.2) is 4.68 Å². The molecule has 0 aliphatic rings. The van der Waals surface area contributed by atoms with E-state index in [1.165, 1.54) is 4.68 Å². The van der Waals surface area contributed by atoms with E-state index in [1.807, 2.05) is 13.0 Å². The van der Waals surface area contributed by atoms with Crippen LogP contribution >= 0.6 is 0 Å². The van der Waals surface area contributed by atoms with Crippen LogP contribution in [0.25, 0.3) is 10.8 Å². The lowest BCUT2D eigenvalue weighted by atomic mass is 10.1. The van der Waals surface area contributed by atoms with E-state index in [0.717, 1.165) is 5.56 Å². The number of carbonyl (C=O) groups is 1. The maximum absolute atomic E-state index is 12.4. The quantitative estimate of drug-likeness (QED) is 0.797. The van der Waals surface area contributed by atoms with Crippen LogP contribution in [0.3, 0.4) is 0 Å². The summed E-state index contributed by atoms with van der Waals surface area (Å²) in [5, 5.41) is 17.2. The molecule has 0 bridgehead atoms. The van der Waals surface area contributed by atoms with Crippen molar-refractivity contribution in [2.45, 2.75) is 13.3 Å². The first-order valence-corrected chi connectivity index (χ1v) is 7.75. The topological polar surface area (TPSA) is 87.8 Å². The predicted octanol–water partition coefficient (Wildman–Crippen LogP) is 2.29. The average molecular weight is 332 g/mol. The van der Waals surface area contributed by atoms with Crippen molar-refractivity contribution < 1.29 is 4.79 Å². The Morgan fingerprint density at radius 3 is 2.64 bits per heavy atom. The molecule has 25 heavy (non-hydrogen) atoms. The Kier molecular flexibility index (Phi) is 4.31. The summed E-state index contributed by atoms with van der Waals surface area (Å²) in [6.07, 6.45) is 0.0493. The fourth-order valence-electron chi connectivity index (χ4n) is 2.73. The maximum atomic E-state index is 12.4. The molecule has 1 heterocycles. The summed E-state index contributed by atoms with van der Waals surface area (Å²) in [7, 11) is 1.57. The van der Waals surface area contributed by atoms with Gasteiger partial charge >= 0.3 is 0 Å². The van der Waals surface area contributed by atoms with E-state index in [4.69, 9.17) is 5.26 Å². The van der Waals surface area contributed by atoms with Gasteiger partial charge in [0.2, 0.25) is 5.91 Å². The molecular weight excluding hydrogens is 316 g/mol. The lowest BCUT2D eigenvalue weighted by molar-refractivity contribution is -0.115. The predicted molar refractivity (Wildman–Crippen MR) is 95.2 cm³/mol. The molecule has 124 valence electrons. The molecule has 0 spiro atoms. The first-order chi connectivity index (χ1) is 12.0. The van der Waals surface area contributed by atoms with Gasteiger partial charge in [-0.1, -0.05) is 18.2 Å². The van der Waals surface area contributed by atoms with Crippen LogP contribution in [0, 0.1) is 18.3 Å². The van der Waals surface area contributed by atoms with Gasteiger partial charge in [-0.2, -0.15) is 10.4 Å². The maximum Gasteiger partial charge on any atom is 0.274 e. The molecule has 3 aromatic rings. The van der Waals surface area contributed by atoms with E-state index in [2.05, 4.69) is 16.5 Å². The standard InChI is InChI=1S/C19H16N4O2/c1-12-9-14(8-7-13(12)11-20)21-18(24)10-17-15-5-3-4-6-16(15)19(25)23(2)22-17/h3-9H,10H2,1-2H3,(H,21,24). The zero-order valence-electron chi connectivity index (χ0n) is 13.9. The van der Waals surface area contributed by atoms with Crippen LogP contribution < -0.4 is 10.9 Å². The third-order valence-electron chi connectivity index (χ3n) is 3.99. The second kappa shape index (κ2) is 6.57. The molecule has 1 aromatic heterocycles. The molecule has 3 rings (SSSR count). The van der Waals surface area contributed by atoms with Crippen LogP contribution in [0.5, 0.6) is 0 Å². The number of nitrogens with zero attached hydrogens (tertiary/aromatic N) is 3. The number of anilines is 1. The van der Waals surface area contributed by atoms with Crippen molar-refractivity contribution in [2.24, 2.45) is 7.05 Å². The molecule has 6 nitrogen and oxygen atoms in total. The van der Waals surface area contributed by atoms with Crippen molar-refractivity contribution in [3.63, 3.8) is 0 Å². The van der Waals surface area contributed by atoms with Crippen molar-refractivity contribution in [1.82, 2.24) is 9.78 Å². The van der Waals surface area contributed by atoms with Crippen LogP contribution in [0.1, 0.15) is 16.8 Å². The highest BCUT2D eigenvalue weighted by Crippen LogP contribution is 2.16. The van der Waals surface area contributed by atoms with Crippen LogP contribution in [0.4, 0.5) is 5.69 Å². The Balaban J connectivity index is 1.88. The molecular formula is C19H16N4O2. The number of nitriles is 1. The van der Waals surface area contributed by atoms with Gasteiger partial charge in [0.05, 0.1) is 29.1 Å². The molecule has 6 heteroatoms. The summed E-state index contributed by atoms with van der Waals surface area (Å²) in [5.41, 5.74) is 2.34. The average Bonchev–Trinajstić information content (AvgIpc) is 2.59. The van der Waals surface area contributed by atoms with Gasteiger partial charge < -0.3 is 5.32 Å². The monoisotopic (exact) mass is 332 g/mol. The molecule has 0 saturated carbocycles. The van der Waals surface area contributed by atoms with Crippen molar-refractivity contribution in [3.8, 4) is 6.07 Å². The van der Waals surface area contributed by atoms with Crippen LogP contribution in [0.15, 0.2) is 47.3 Å². The highest BCUT2D eigenvalue weighted by atomic mass is 16.1. The molecule has 0 aliphatic carbocycles. The lowest BCUT2D eigenvalue weighted by Crippen LogP contribution is -2.24. The molecule has 1 amide bonds. The molecule has 2 aromatic carbocycles. The smallest absolute Gasteiger partial charge is 0.274 e. The van der Waals surface area contributed by atoms with Crippen molar-refractivity contribution in [1.29, 1.82) is 5.26 Å². The normalized spacial score (nSPS) is 10.4. The number of fused-ring (bicyclic) bond motifs is 1. The molecule has 0 atom stereocenters. The van der Waals surface area contributed by atoms with Crippen LogP contribution in [-0.2, 0) is 18.3 Å². The second-order valence-electron chi connectivity index (χ2n) is 5.79. The summed E-state index contributed by atoms with van der Waals surface area (Å²) >= 11 is 0. The van der Waals surface area contributed by atoms with Gasteiger partial charge in [-0.05, 0) is 36.8 Å². The lowest BCUT2D eigenvalue weighted by Gasteiger charge is -2.09. The summed E-state index contributed by atoms with van der Waals surface area (Å²) in [6, 6.07) is 14.3. The van der Waals surface area contributed by atoms with Gasteiger partial charge in [0, 0.05) is 18.1 Å². The zero-order chi connectivity index (χ0) is 18.0. The number of hydrogen-bond donors (Lipinski definition) is 1. The van der Waals surface area contributed by atoms with Gasteiger partial charge in [-0.3, -0.25) is 9.59 Å². The molecule has 0 unspecified atom stereocenters. The van der Waals surface area contributed by atoms with E-state index >= 15 is 0 Å². The minimum Gasteiger partial charge on any atom is -0.326 e. The molecule has 0 saturated heterocycles. The fraction of sp³-hybridized carbons (Fsp3) is 0.158. The minimum absolute atomic E-state index is 0.0493. The van der Waals surface area contributed by atoms with Crippen molar-refractivity contribution >= 4 is 22.4 Å². The Hall–Kier alpha value is -3.46. The molecule has 0 fully saturated rings. The van der Waals surface area contributed by atoms with Gasteiger partial charge in [0.15, 0.2) is 0 Å². The summed E-state index contributed by atoms with van der Waals surface area (Å²) in [5.74, 6) is -0.236. The Bertz CT molecular complexity index is 1080. The Morgan fingerprint density at radius 2 is 1.96 bits per heavy atom. The van der Waals surface area contributed by atoms with E-state index < -0.39 is 0 Å². The van der Waals surface area contributed by atoms with E-state index in [0.29, 0.717) is 27.7 Å². The number of nitrogens with one attached hydrogen (secondary N) is 1. The van der Waals surface area contributed by atoms with E-state index in [1.54, 1.807) is 43.4 Å². The Labute approximate surface area is 144 Å². The van der Waals surface area contributed by atoms with Gasteiger partial charge in [0.25, 0.3) is 5.56 Å². The first-order valence-electron chi connectivity index (χ1n) is 7.75. The second-order valence-corrected chi connectivity index (χ2v) is 5.79. The summed E-state index contributed by atoms with van der Waals surface area (Å²) < 4.78 is 1.25. The van der Waals surface area contributed by atoms with Crippen molar-refractivity contribution in [2.75, 3.05) is 5.32 Å². The molecule has 0 radical (unpaired) electrons. The SMILES string of the molecule is Cc1cc(NC(=O)Cc2nn(C)c(=O)c3ccccc23)ccc1C#N. The minimum atomic E-state index is -0.236. The number of rotatable bonds is 3. The van der Waals surface area contributed by atoms with E-state index in [9.17, 15) is 9.59 Å². The highest BCUT2D eigenvalue weighted by molar-refractivity contribution is 5.95. The summed E-state index contributed by atoms with van der Waals surface area (Å²) in [6.45, 7) is 1.82. The number of aryl methyl sites for hydroxylation is 2. The van der Waals surface area contributed by atoms with Crippen LogP contribution in [-0.4, -0.2) is 15.7 Å². The number of benzene rings is 2. The number of carbonyl (C=O) groups excluding carboxylic acids is 1. The first kappa shape index (κ1) is 16.4.